The van der Waals surface area contributed by atoms with Crippen molar-refractivity contribution in [1.29, 1.82) is 0 Å². The number of ether oxygens (including phenoxy) is 1. The molecule has 5 aliphatic rings. The Bertz CT molecular complexity index is 944. The standard InChI is InChI=1S/C28H36N2O3/c1-18-11-13-20(14-12-18)23-22-15-16-28(33-22)24(23)27(32)30(17-19-7-3-2-4-8-19)25(28)26(31)29-21-9-5-6-10-21/h11-16,19,21-25H,2-10,17H2,1H3,(H,29,31)/t22-,23+,24+,25-,28+/m1/s1. The monoisotopic (exact) mass is 448 g/mol. The zero-order valence-electron chi connectivity index (χ0n) is 19.7. The first kappa shape index (κ1) is 21.4. The Morgan fingerprint density at radius 1 is 1.06 bits per heavy atom. The summed E-state index contributed by atoms with van der Waals surface area (Å²) >= 11 is 0. The quantitative estimate of drug-likeness (QED) is 0.685. The van der Waals surface area contributed by atoms with E-state index >= 15 is 0 Å². The molecule has 0 aromatic heterocycles. The van der Waals surface area contributed by atoms with Crippen LogP contribution in [-0.4, -0.2) is 47.0 Å². The first-order valence-electron chi connectivity index (χ1n) is 13.1. The van der Waals surface area contributed by atoms with Crippen LogP contribution in [0.2, 0.25) is 0 Å². The topological polar surface area (TPSA) is 58.6 Å². The van der Waals surface area contributed by atoms with Gasteiger partial charge < -0.3 is 15.0 Å². The van der Waals surface area contributed by atoms with E-state index in [0.29, 0.717) is 12.5 Å². The molecule has 0 radical (unpaired) electrons. The van der Waals surface area contributed by atoms with Crippen LogP contribution in [-0.2, 0) is 14.3 Å². The lowest BCUT2D eigenvalue weighted by Crippen LogP contribution is -2.56. The van der Waals surface area contributed by atoms with Crippen molar-refractivity contribution in [3.63, 3.8) is 0 Å². The first-order valence-corrected chi connectivity index (χ1v) is 13.1. The van der Waals surface area contributed by atoms with E-state index in [2.05, 4.69) is 48.7 Å². The highest BCUT2D eigenvalue weighted by molar-refractivity contribution is 5.97. The van der Waals surface area contributed by atoms with Crippen molar-refractivity contribution in [3.05, 3.63) is 47.5 Å². The summed E-state index contributed by atoms with van der Waals surface area (Å²) in [7, 11) is 0. The summed E-state index contributed by atoms with van der Waals surface area (Å²) in [6, 6.07) is 8.17. The zero-order valence-corrected chi connectivity index (χ0v) is 19.7. The number of carbonyl (C=O) groups is 2. The molecule has 2 aliphatic carbocycles. The second kappa shape index (κ2) is 8.26. The average Bonchev–Trinajstić information content (AvgIpc) is 3.58. The second-order valence-electron chi connectivity index (χ2n) is 11.1. The molecule has 6 rings (SSSR count). The van der Waals surface area contributed by atoms with Crippen molar-refractivity contribution in [1.82, 2.24) is 10.2 Å². The molecule has 2 amide bonds. The number of fused-ring (bicyclic) bond motifs is 1. The van der Waals surface area contributed by atoms with Gasteiger partial charge in [0, 0.05) is 18.5 Å². The third kappa shape index (κ3) is 3.46. The van der Waals surface area contributed by atoms with Gasteiger partial charge in [-0.3, -0.25) is 9.59 Å². The van der Waals surface area contributed by atoms with Crippen LogP contribution in [0, 0.1) is 18.8 Å². The summed E-state index contributed by atoms with van der Waals surface area (Å²) in [5.74, 6) is 0.242. The van der Waals surface area contributed by atoms with Crippen LogP contribution in [0.1, 0.15) is 74.8 Å². The fraction of sp³-hybridized carbons (Fsp3) is 0.643. The van der Waals surface area contributed by atoms with Crippen molar-refractivity contribution < 1.29 is 14.3 Å². The van der Waals surface area contributed by atoms with E-state index in [4.69, 9.17) is 4.74 Å². The fourth-order valence-electron chi connectivity index (χ4n) is 7.33. The minimum absolute atomic E-state index is 0.0107. The molecule has 1 aromatic rings. The number of nitrogens with one attached hydrogen (secondary N) is 1. The number of nitrogens with zero attached hydrogens (tertiary/aromatic N) is 1. The Hall–Kier alpha value is -2.14. The zero-order chi connectivity index (χ0) is 22.6. The number of rotatable bonds is 5. The van der Waals surface area contributed by atoms with Crippen LogP contribution < -0.4 is 5.32 Å². The van der Waals surface area contributed by atoms with Gasteiger partial charge in [-0.05, 0) is 44.1 Å². The lowest BCUT2D eigenvalue weighted by Gasteiger charge is -2.35. The number of benzene rings is 1. The van der Waals surface area contributed by atoms with Gasteiger partial charge in [-0.1, -0.05) is 74.1 Å². The minimum atomic E-state index is -0.839. The van der Waals surface area contributed by atoms with Crippen LogP contribution in [0.4, 0.5) is 0 Å². The Morgan fingerprint density at radius 2 is 1.76 bits per heavy atom. The molecule has 1 N–H and O–H groups in total. The maximum Gasteiger partial charge on any atom is 0.246 e. The normalized spacial score (nSPS) is 36.0. The van der Waals surface area contributed by atoms with Crippen molar-refractivity contribution in [2.24, 2.45) is 11.8 Å². The van der Waals surface area contributed by atoms with Crippen LogP contribution in [0.5, 0.6) is 0 Å². The molecule has 176 valence electrons. The van der Waals surface area contributed by atoms with E-state index in [9.17, 15) is 9.59 Å². The van der Waals surface area contributed by atoms with E-state index in [-0.39, 0.29) is 35.8 Å². The first-order chi connectivity index (χ1) is 16.1. The van der Waals surface area contributed by atoms with Crippen molar-refractivity contribution >= 4 is 11.8 Å². The lowest BCUT2D eigenvalue weighted by atomic mass is 9.72. The summed E-state index contributed by atoms with van der Waals surface area (Å²) < 4.78 is 6.63. The number of carbonyl (C=O) groups excluding carboxylic acids is 2. The van der Waals surface area contributed by atoms with Gasteiger partial charge in [0.15, 0.2) is 0 Å². The Kier molecular flexibility index (Phi) is 5.36. The molecule has 5 heteroatoms. The third-order valence-electron chi connectivity index (χ3n) is 8.97. The van der Waals surface area contributed by atoms with E-state index in [1.54, 1.807) is 0 Å². The fourth-order valence-corrected chi connectivity index (χ4v) is 7.33. The molecule has 3 heterocycles. The molecule has 4 fully saturated rings. The third-order valence-corrected chi connectivity index (χ3v) is 8.97. The molecule has 0 unspecified atom stereocenters. The number of amides is 2. The maximum atomic E-state index is 14.1. The Labute approximate surface area is 196 Å². The van der Waals surface area contributed by atoms with Gasteiger partial charge >= 0.3 is 0 Å². The summed E-state index contributed by atoms with van der Waals surface area (Å²) in [4.78, 5) is 29.8. The molecule has 33 heavy (non-hydrogen) atoms. The molecule has 1 aromatic carbocycles. The average molecular weight is 449 g/mol. The molecule has 5 nitrogen and oxygen atoms in total. The molecule has 2 saturated heterocycles. The van der Waals surface area contributed by atoms with Crippen LogP contribution in [0.25, 0.3) is 0 Å². The van der Waals surface area contributed by atoms with Gasteiger partial charge in [0.2, 0.25) is 11.8 Å². The number of hydrogen-bond donors (Lipinski definition) is 1. The van der Waals surface area contributed by atoms with Gasteiger partial charge in [0.05, 0.1) is 12.0 Å². The highest BCUT2D eigenvalue weighted by Crippen LogP contribution is 2.58. The molecular formula is C28H36N2O3. The molecular weight excluding hydrogens is 412 g/mol. The summed E-state index contributed by atoms with van der Waals surface area (Å²) in [6.07, 6.45) is 14.5. The number of likely N-dealkylation sites (tertiary alicyclic amines) is 1. The SMILES string of the molecule is Cc1ccc([C@@H]2[C@H]3C(=O)N(CC4CCCCC4)[C@H](C(=O)NC4CCCC4)[C@]34C=C[C@H]2O4)cc1. The smallest absolute Gasteiger partial charge is 0.246 e. The molecule has 2 saturated carbocycles. The number of aryl methyl sites for hydroxylation is 1. The summed E-state index contributed by atoms with van der Waals surface area (Å²) in [6.45, 7) is 2.76. The summed E-state index contributed by atoms with van der Waals surface area (Å²) in [5, 5.41) is 3.31. The van der Waals surface area contributed by atoms with E-state index in [1.165, 1.54) is 37.7 Å². The van der Waals surface area contributed by atoms with Gasteiger partial charge in [-0.15, -0.1) is 0 Å². The predicted molar refractivity (Wildman–Crippen MR) is 127 cm³/mol. The Morgan fingerprint density at radius 3 is 2.48 bits per heavy atom. The summed E-state index contributed by atoms with van der Waals surface area (Å²) in [5.41, 5.74) is 1.51. The van der Waals surface area contributed by atoms with Crippen LogP contribution in [0.3, 0.4) is 0 Å². The Balaban J connectivity index is 1.35. The lowest BCUT2D eigenvalue weighted by molar-refractivity contribution is -0.140. The second-order valence-corrected chi connectivity index (χ2v) is 11.1. The van der Waals surface area contributed by atoms with Gasteiger partial charge in [0.1, 0.15) is 11.6 Å². The van der Waals surface area contributed by atoms with Crippen LogP contribution >= 0.6 is 0 Å². The molecule has 2 bridgehead atoms. The van der Waals surface area contributed by atoms with Gasteiger partial charge in [-0.25, -0.2) is 0 Å². The molecule has 1 spiro atoms. The van der Waals surface area contributed by atoms with E-state index < -0.39 is 11.6 Å². The largest absolute Gasteiger partial charge is 0.359 e. The van der Waals surface area contributed by atoms with Gasteiger partial charge in [0.25, 0.3) is 0 Å². The molecule has 3 aliphatic heterocycles. The van der Waals surface area contributed by atoms with Crippen molar-refractivity contribution in [2.75, 3.05) is 6.54 Å². The molecule has 5 atom stereocenters. The minimum Gasteiger partial charge on any atom is -0.359 e. The predicted octanol–water partition coefficient (Wildman–Crippen LogP) is 4.25. The maximum absolute atomic E-state index is 14.1. The van der Waals surface area contributed by atoms with Crippen molar-refractivity contribution in [2.45, 2.75) is 94.4 Å². The van der Waals surface area contributed by atoms with E-state index in [0.717, 1.165) is 31.2 Å². The van der Waals surface area contributed by atoms with Gasteiger partial charge in [-0.2, -0.15) is 0 Å². The highest BCUT2D eigenvalue weighted by Gasteiger charge is 2.71. The highest BCUT2D eigenvalue weighted by atomic mass is 16.5. The van der Waals surface area contributed by atoms with Crippen molar-refractivity contribution in [3.8, 4) is 0 Å². The van der Waals surface area contributed by atoms with Crippen LogP contribution in [0.15, 0.2) is 36.4 Å². The van der Waals surface area contributed by atoms with E-state index in [1.807, 2.05) is 4.90 Å². The number of hydrogen-bond acceptors (Lipinski definition) is 3.